The minimum absolute atomic E-state index is 0.0570. The lowest BCUT2D eigenvalue weighted by molar-refractivity contribution is -0.150. The van der Waals surface area contributed by atoms with E-state index < -0.39 is 38.9 Å². The number of carbonyl (C=O) groups excluding carboxylic acids is 5. The third-order valence-corrected chi connectivity index (χ3v) is 18.8. The molecule has 77 heavy (non-hydrogen) atoms. The Labute approximate surface area is 477 Å². The molecule has 2 aliphatic carbocycles. The summed E-state index contributed by atoms with van der Waals surface area (Å²) in [6.07, 6.45) is 3.73. The molecule has 20 heteroatoms. The van der Waals surface area contributed by atoms with Gasteiger partial charge in [0, 0.05) is 32.2 Å². The quantitative estimate of drug-likeness (QED) is 0.0309. The topological polar surface area (TPSA) is 171 Å². The third-order valence-electron chi connectivity index (χ3n) is 12.2. The van der Waals surface area contributed by atoms with Gasteiger partial charge in [0.25, 0.3) is 0 Å². The molecule has 0 spiro atoms. The van der Waals surface area contributed by atoms with Gasteiger partial charge in [-0.3, -0.25) is 19.2 Å². The molecule has 2 aliphatic rings. The molecule has 1 N–H and O–H groups in total. The fourth-order valence-corrected chi connectivity index (χ4v) is 12.7. The van der Waals surface area contributed by atoms with Crippen molar-refractivity contribution in [3.63, 3.8) is 0 Å². The highest BCUT2D eigenvalue weighted by molar-refractivity contribution is 8.68. The number of allylic oxidation sites excluding steroid dienone is 4. The predicted octanol–water partition coefficient (Wildman–Crippen LogP) is 13.9. The van der Waals surface area contributed by atoms with E-state index in [1.54, 1.807) is 40.2 Å². The number of ether oxygens (including phenoxy) is 6. The Morgan fingerprint density at radius 1 is 0.857 bits per heavy atom. The van der Waals surface area contributed by atoms with Crippen LogP contribution in [0.4, 0.5) is 4.79 Å². The predicted molar refractivity (Wildman–Crippen MR) is 312 cm³/mol. The van der Waals surface area contributed by atoms with E-state index in [0.29, 0.717) is 12.2 Å². The highest BCUT2D eigenvalue weighted by Crippen LogP contribution is 2.62. The van der Waals surface area contributed by atoms with Crippen molar-refractivity contribution in [3.05, 3.63) is 138 Å². The molecule has 0 bridgehead atoms. The number of nitrogens with one attached hydrogen (secondary N) is 1. The fourth-order valence-electron chi connectivity index (χ4n) is 8.10. The summed E-state index contributed by atoms with van der Waals surface area (Å²) in [6.45, 7) is 17.7. The van der Waals surface area contributed by atoms with Crippen molar-refractivity contribution in [2.24, 2.45) is 17.3 Å². The number of esters is 3. The molecule has 0 radical (unpaired) electrons. The Hall–Kier alpha value is -4.90. The minimum atomic E-state index is -2.65. The van der Waals surface area contributed by atoms with E-state index in [1.165, 1.54) is 26.8 Å². The van der Waals surface area contributed by atoms with Gasteiger partial charge in [-0.25, -0.2) is 4.79 Å². The van der Waals surface area contributed by atoms with Crippen molar-refractivity contribution >= 4 is 104 Å². The van der Waals surface area contributed by atoms with Gasteiger partial charge in [0.05, 0.1) is 52.1 Å². The zero-order valence-electron chi connectivity index (χ0n) is 45.6. The number of Topliss-reactive ketones (excluding diaryl/α,β-unsaturated/α-hetero) is 1. The normalized spacial score (nSPS) is 16.6. The van der Waals surface area contributed by atoms with E-state index in [-0.39, 0.29) is 61.0 Å². The van der Waals surface area contributed by atoms with Crippen LogP contribution < -0.4 is 19.5 Å². The largest absolute Gasteiger partial charge is 0.497 e. The number of hydrogen-bond acceptors (Lipinski definition) is 15. The van der Waals surface area contributed by atoms with Crippen LogP contribution in [0, 0.1) is 17.3 Å². The Morgan fingerprint density at radius 2 is 1.40 bits per heavy atom. The molecule has 6 rings (SSSR count). The van der Waals surface area contributed by atoms with Crippen LogP contribution in [0.25, 0.3) is 10.8 Å². The smallest absolute Gasteiger partial charge is 0.412 e. The molecule has 4 atom stereocenters. The summed E-state index contributed by atoms with van der Waals surface area (Å²) in [5, 5.41) is 3.62. The summed E-state index contributed by atoms with van der Waals surface area (Å²) >= 11 is 24.7. The zero-order chi connectivity index (χ0) is 57.7. The summed E-state index contributed by atoms with van der Waals surface area (Å²) in [6, 6.07) is 28.4. The van der Waals surface area contributed by atoms with Gasteiger partial charge in [-0.15, -0.1) is 6.58 Å². The number of ketones is 1. The molecule has 0 heterocycles. The number of halogens is 3. The average Bonchev–Trinajstić information content (AvgIpc) is 3.83. The van der Waals surface area contributed by atoms with Crippen LogP contribution in [-0.2, 0) is 54.2 Å². The lowest BCUT2D eigenvalue weighted by atomic mass is 9.92. The summed E-state index contributed by atoms with van der Waals surface area (Å²) in [5.74, 6) is 0.744. The summed E-state index contributed by atoms with van der Waals surface area (Å²) in [5.41, 5.74) is 1.96. The number of rotatable bonds is 19. The second-order valence-corrected chi connectivity index (χ2v) is 27.1. The highest BCUT2D eigenvalue weighted by atomic mass is 35.6. The van der Waals surface area contributed by atoms with Crippen LogP contribution in [0.2, 0.25) is 0 Å². The lowest BCUT2D eigenvalue weighted by Crippen LogP contribution is -2.24. The van der Waals surface area contributed by atoms with E-state index in [9.17, 15) is 24.0 Å². The maximum atomic E-state index is 12.5. The minimum Gasteiger partial charge on any atom is -0.497 e. The summed E-state index contributed by atoms with van der Waals surface area (Å²) in [7, 11) is 7.58. The van der Waals surface area contributed by atoms with Crippen molar-refractivity contribution in [2.75, 3.05) is 48.7 Å². The molecular formula is C57H71Cl3NO13PS2. The van der Waals surface area contributed by atoms with E-state index in [0.717, 1.165) is 55.9 Å². The van der Waals surface area contributed by atoms with E-state index in [2.05, 4.69) is 31.8 Å². The van der Waals surface area contributed by atoms with Crippen LogP contribution in [0.1, 0.15) is 84.8 Å². The van der Waals surface area contributed by atoms with Crippen LogP contribution in [0.5, 0.6) is 17.2 Å². The molecule has 0 aliphatic heterocycles. The number of methoxy groups -OCH3 is 2. The molecule has 4 aromatic rings. The zero-order valence-corrected chi connectivity index (χ0v) is 50.4. The maximum absolute atomic E-state index is 12.5. The Morgan fingerprint density at radius 3 is 1.88 bits per heavy atom. The number of hydrogen-bond donors (Lipinski definition) is 1. The first-order valence-electron chi connectivity index (χ1n) is 24.5. The van der Waals surface area contributed by atoms with E-state index >= 15 is 0 Å². The molecule has 0 aromatic heterocycles. The van der Waals surface area contributed by atoms with Gasteiger partial charge < -0.3 is 42.8 Å². The Kier molecular flexibility index (Phi) is 27.3. The fraction of sp³-hybridized carbons (Fsp3) is 0.421. The standard InChI is InChI=1S/C19H26O3.C16H15Cl3O2.C12H11NO2.C10H19O6PS2/c1-7-8-13-12(4)16(10-15(13)20)22-18(21)17-14(9-11(2)3)19(17,5)6;1-20-13-7-3-11(4-8-13)15(16(17,18)19)12-5-9-14(21-2)10-6-12;1-13-12(14)15-11-8-4-6-9-5-2-3-7-10(9)11;1-5-15-9(11)7-8(10(12)16-6-2)19-17(18,13-3)14-4/h7,9,14,16-17H,1,8,10H2,2-6H3;3-10,15H,1-2H3;2-8H,1H3,(H,13,14);8H,5-7H2,1-4H3. The van der Waals surface area contributed by atoms with E-state index in [1.807, 2.05) is 106 Å². The van der Waals surface area contributed by atoms with Crippen molar-refractivity contribution in [1.82, 2.24) is 5.32 Å². The maximum Gasteiger partial charge on any atom is 0.412 e. The third kappa shape index (κ3) is 20.1. The number of amides is 1. The van der Waals surface area contributed by atoms with Crippen LogP contribution >= 0.6 is 51.9 Å². The molecule has 0 saturated heterocycles. The molecule has 4 unspecified atom stereocenters. The average molecular weight is 1180 g/mol. The number of alkyl halides is 3. The van der Waals surface area contributed by atoms with Gasteiger partial charge in [0.15, 0.2) is 5.78 Å². The lowest BCUT2D eigenvalue weighted by Gasteiger charge is -2.25. The second-order valence-electron chi connectivity index (χ2n) is 18.1. The first-order chi connectivity index (χ1) is 36.4. The molecule has 1 saturated carbocycles. The first-order valence-corrected chi connectivity index (χ1v) is 29.8. The Bertz CT molecular complexity index is 2680. The highest BCUT2D eigenvalue weighted by Gasteiger charge is 2.61. The van der Waals surface area contributed by atoms with Crippen LogP contribution in [0.15, 0.2) is 126 Å². The van der Waals surface area contributed by atoms with Gasteiger partial charge in [-0.2, -0.15) is 0 Å². The second kappa shape index (κ2) is 31.6. The van der Waals surface area contributed by atoms with Crippen molar-refractivity contribution in [1.29, 1.82) is 0 Å². The van der Waals surface area contributed by atoms with Crippen molar-refractivity contribution in [2.45, 2.75) is 88.8 Å². The van der Waals surface area contributed by atoms with Gasteiger partial charge in [0.2, 0.25) is 9.49 Å². The van der Waals surface area contributed by atoms with Gasteiger partial charge in [-0.1, -0.05) is 138 Å². The molecule has 420 valence electrons. The number of benzene rings is 4. The van der Waals surface area contributed by atoms with Gasteiger partial charge in [-0.05, 0) is 117 Å². The molecular weight excluding hydrogens is 1110 g/mol. The Balaban J connectivity index is 0.000000272. The van der Waals surface area contributed by atoms with Gasteiger partial charge >= 0.3 is 24.0 Å². The monoisotopic (exact) mass is 1180 g/mol. The summed E-state index contributed by atoms with van der Waals surface area (Å²) < 4.78 is 39.6. The van der Waals surface area contributed by atoms with Gasteiger partial charge in [0.1, 0.15) is 28.6 Å². The van der Waals surface area contributed by atoms with Crippen LogP contribution in [0.3, 0.4) is 0 Å². The molecule has 14 nitrogen and oxygen atoms in total. The molecule has 4 aromatic carbocycles. The summed E-state index contributed by atoms with van der Waals surface area (Å²) in [4.78, 5) is 58.8. The van der Waals surface area contributed by atoms with Crippen molar-refractivity contribution in [3.8, 4) is 17.2 Å². The molecule has 1 fully saturated rings. The van der Waals surface area contributed by atoms with E-state index in [4.69, 9.17) is 84.1 Å². The van der Waals surface area contributed by atoms with Crippen LogP contribution in [-0.4, -0.2) is 93.6 Å². The number of fused-ring (bicyclic) bond motifs is 1. The molecule has 1 amide bonds. The van der Waals surface area contributed by atoms with Crippen molar-refractivity contribution < 1.29 is 61.4 Å². The SMILES string of the molecule is C=CCC1=C(C)C(OC(=O)C2C(C=C(C)C)C2(C)C)CC1=O.CCOC(=O)CC(SP(=S)(OC)OC)C(=O)OCC.CNC(=O)Oc1cccc2ccccc12.COc1ccc(C(c2ccc(OC)cc2)C(Cl)(Cl)Cl)cc1. The first kappa shape index (κ1) is 66.4. The number of carbonyl (C=O) groups is 5.